The first kappa shape index (κ1) is 12.9. The van der Waals surface area contributed by atoms with E-state index in [2.05, 4.69) is 11.4 Å². The van der Waals surface area contributed by atoms with Crippen LogP contribution in [-0.4, -0.2) is 12.4 Å². The van der Waals surface area contributed by atoms with Gasteiger partial charge in [-0.3, -0.25) is 0 Å². The van der Waals surface area contributed by atoms with Crippen LogP contribution in [0.5, 0.6) is 0 Å². The first-order valence-corrected chi connectivity index (χ1v) is 8.97. The lowest BCUT2D eigenvalue weighted by Gasteiger charge is -2.06. The van der Waals surface area contributed by atoms with E-state index in [0.717, 1.165) is 23.1 Å². The number of benzene rings is 1. The topological polar surface area (TPSA) is 39.1 Å². The molecular formula is C16H13NO2S2. The van der Waals surface area contributed by atoms with E-state index in [4.69, 9.17) is 0 Å². The second-order valence-electron chi connectivity index (χ2n) is 5.30. The molecule has 0 radical (unpaired) electrons. The average Bonchev–Trinajstić information content (AvgIpc) is 3.10. The molecule has 3 nitrogen and oxygen atoms in total. The zero-order valence-electron chi connectivity index (χ0n) is 11.4. The van der Waals surface area contributed by atoms with Crippen LogP contribution in [0.25, 0.3) is 10.4 Å². The number of aryl methyl sites for hydroxylation is 1. The van der Waals surface area contributed by atoms with Crippen LogP contribution in [-0.2, 0) is 16.4 Å². The Hall–Kier alpha value is -1.85. The minimum Gasteiger partial charge on any atom is -0.248 e. The number of thiophene rings is 1. The Labute approximate surface area is 127 Å². The Morgan fingerprint density at radius 2 is 1.81 bits per heavy atom. The van der Waals surface area contributed by atoms with Gasteiger partial charge in [0, 0.05) is 29.3 Å². The van der Waals surface area contributed by atoms with E-state index in [1.165, 1.54) is 14.4 Å². The first-order valence-electron chi connectivity index (χ1n) is 6.65. The number of hydrogen-bond acceptors (Lipinski definition) is 3. The summed E-state index contributed by atoms with van der Waals surface area (Å²) in [6, 6.07) is 9.07. The van der Waals surface area contributed by atoms with Crippen LogP contribution in [0.1, 0.15) is 16.7 Å². The van der Waals surface area contributed by atoms with Crippen molar-refractivity contribution >= 4 is 21.4 Å². The summed E-state index contributed by atoms with van der Waals surface area (Å²) in [6.07, 6.45) is 4.31. The lowest BCUT2D eigenvalue weighted by Crippen LogP contribution is -2.11. The van der Waals surface area contributed by atoms with Crippen LogP contribution in [0.2, 0.25) is 0 Å². The zero-order valence-corrected chi connectivity index (χ0v) is 13.0. The molecule has 2 aromatic heterocycles. The molecular weight excluding hydrogens is 302 g/mol. The maximum atomic E-state index is 12.7. The minimum atomic E-state index is -3.50. The van der Waals surface area contributed by atoms with Crippen molar-refractivity contribution in [3.63, 3.8) is 0 Å². The fourth-order valence-electron chi connectivity index (χ4n) is 2.70. The molecule has 1 aromatic carbocycles. The van der Waals surface area contributed by atoms with Gasteiger partial charge in [0.15, 0.2) is 0 Å². The maximum Gasteiger partial charge on any atom is 0.267 e. The summed E-state index contributed by atoms with van der Waals surface area (Å²) in [5.41, 5.74) is 4.49. The molecule has 0 unspecified atom stereocenters. The summed E-state index contributed by atoms with van der Waals surface area (Å²) in [5, 5.41) is 2.05. The van der Waals surface area contributed by atoms with Gasteiger partial charge < -0.3 is 0 Å². The van der Waals surface area contributed by atoms with E-state index in [1.807, 2.05) is 19.1 Å². The summed E-state index contributed by atoms with van der Waals surface area (Å²) in [6.45, 7) is 1.94. The largest absolute Gasteiger partial charge is 0.267 e. The highest BCUT2D eigenvalue weighted by Gasteiger charge is 2.25. The van der Waals surface area contributed by atoms with Crippen molar-refractivity contribution in [2.75, 3.05) is 0 Å². The monoisotopic (exact) mass is 315 g/mol. The van der Waals surface area contributed by atoms with Gasteiger partial charge in [0.2, 0.25) is 0 Å². The minimum absolute atomic E-state index is 0.327. The van der Waals surface area contributed by atoms with Crippen LogP contribution in [0.4, 0.5) is 0 Å². The lowest BCUT2D eigenvalue weighted by atomic mass is 10.2. The number of hydrogen-bond donors (Lipinski definition) is 0. The second-order valence-corrected chi connectivity index (χ2v) is 8.06. The van der Waals surface area contributed by atoms with Crippen molar-refractivity contribution in [2.45, 2.75) is 18.2 Å². The molecule has 4 rings (SSSR count). The van der Waals surface area contributed by atoms with E-state index in [-0.39, 0.29) is 0 Å². The molecule has 5 heteroatoms. The first-order chi connectivity index (χ1) is 10.1. The Bertz CT molecular complexity index is 931. The highest BCUT2D eigenvalue weighted by molar-refractivity contribution is 7.90. The van der Waals surface area contributed by atoms with E-state index in [9.17, 15) is 8.42 Å². The Balaban J connectivity index is 1.82. The molecule has 0 saturated heterocycles. The third-order valence-electron chi connectivity index (χ3n) is 3.85. The van der Waals surface area contributed by atoms with Gasteiger partial charge in [0.05, 0.1) is 4.90 Å². The predicted octanol–water partition coefficient (Wildman–Crippen LogP) is 3.67. The molecule has 106 valence electrons. The number of fused-ring (bicyclic) bond motifs is 3. The molecule has 0 N–H and O–H groups in total. The van der Waals surface area contributed by atoms with E-state index >= 15 is 0 Å². The molecule has 2 heterocycles. The molecule has 0 saturated carbocycles. The van der Waals surface area contributed by atoms with Crippen LogP contribution in [0, 0.1) is 6.92 Å². The number of nitrogens with zero attached hydrogens (tertiary/aromatic N) is 1. The van der Waals surface area contributed by atoms with Gasteiger partial charge in [0.1, 0.15) is 0 Å². The highest BCUT2D eigenvalue weighted by atomic mass is 32.2. The molecule has 3 aromatic rings. The summed E-state index contributed by atoms with van der Waals surface area (Å²) < 4.78 is 26.7. The third-order valence-corrected chi connectivity index (χ3v) is 6.48. The van der Waals surface area contributed by atoms with Crippen molar-refractivity contribution in [3.05, 3.63) is 64.8 Å². The van der Waals surface area contributed by atoms with E-state index < -0.39 is 10.0 Å². The lowest BCUT2D eigenvalue weighted by molar-refractivity contribution is 0.587. The molecule has 1 aliphatic carbocycles. The molecule has 0 fully saturated rings. The van der Waals surface area contributed by atoms with Crippen molar-refractivity contribution in [1.82, 2.24) is 3.97 Å². The van der Waals surface area contributed by atoms with Crippen LogP contribution < -0.4 is 0 Å². The SMILES string of the molecule is Cc1ccc(S(=O)(=O)n2cc3c(c2)-c2sccc2C3)cc1. The second kappa shape index (κ2) is 4.32. The van der Waals surface area contributed by atoms with Gasteiger partial charge in [-0.1, -0.05) is 17.7 Å². The van der Waals surface area contributed by atoms with Gasteiger partial charge in [-0.2, -0.15) is 0 Å². The standard InChI is InChI=1S/C16H13NO2S2/c1-11-2-4-14(5-3-11)21(18,19)17-9-13-8-12-6-7-20-16(12)15(13)10-17/h2-7,9-10H,8H2,1H3. The van der Waals surface area contributed by atoms with E-state index in [0.29, 0.717) is 4.90 Å². The van der Waals surface area contributed by atoms with Gasteiger partial charge in [-0.15, -0.1) is 11.3 Å². The molecule has 0 spiro atoms. The quantitative estimate of drug-likeness (QED) is 0.566. The summed E-state index contributed by atoms with van der Waals surface area (Å²) >= 11 is 1.67. The van der Waals surface area contributed by atoms with Crippen LogP contribution >= 0.6 is 11.3 Å². The van der Waals surface area contributed by atoms with E-state index in [1.54, 1.807) is 35.9 Å². The molecule has 1 aliphatic rings. The molecule has 0 aliphatic heterocycles. The predicted molar refractivity (Wildman–Crippen MR) is 84.3 cm³/mol. The maximum absolute atomic E-state index is 12.7. The van der Waals surface area contributed by atoms with Crippen molar-refractivity contribution in [1.29, 1.82) is 0 Å². The number of aromatic nitrogens is 1. The molecule has 21 heavy (non-hydrogen) atoms. The molecule has 0 bridgehead atoms. The molecule has 0 amide bonds. The smallest absolute Gasteiger partial charge is 0.248 e. The van der Waals surface area contributed by atoms with Crippen molar-refractivity contribution < 1.29 is 8.42 Å². The number of rotatable bonds is 2. The summed E-state index contributed by atoms with van der Waals surface area (Å²) in [5.74, 6) is 0. The van der Waals surface area contributed by atoms with Gasteiger partial charge in [0.25, 0.3) is 10.0 Å². The van der Waals surface area contributed by atoms with Crippen LogP contribution in [0.3, 0.4) is 0 Å². The van der Waals surface area contributed by atoms with Crippen LogP contribution in [0.15, 0.2) is 53.0 Å². The Morgan fingerprint density at radius 1 is 1.05 bits per heavy atom. The summed E-state index contributed by atoms with van der Waals surface area (Å²) in [7, 11) is -3.50. The van der Waals surface area contributed by atoms with Gasteiger partial charge in [-0.05, 0) is 41.6 Å². The fourth-order valence-corrected chi connectivity index (χ4v) is 4.91. The summed E-state index contributed by atoms with van der Waals surface area (Å²) in [4.78, 5) is 1.52. The average molecular weight is 315 g/mol. The van der Waals surface area contributed by atoms with Gasteiger partial charge >= 0.3 is 0 Å². The highest BCUT2D eigenvalue weighted by Crippen LogP contribution is 2.41. The zero-order chi connectivity index (χ0) is 14.6. The third kappa shape index (κ3) is 1.88. The molecule has 0 atom stereocenters. The Morgan fingerprint density at radius 3 is 2.57 bits per heavy atom. The fraction of sp³-hybridized carbons (Fsp3) is 0.125. The Kier molecular flexibility index (Phi) is 2.65. The van der Waals surface area contributed by atoms with Gasteiger partial charge in [-0.25, -0.2) is 12.4 Å². The normalized spacial score (nSPS) is 13.2. The van der Waals surface area contributed by atoms with Crippen molar-refractivity contribution in [3.8, 4) is 10.4 Å². The van der Waals surface area contributed by atoms with Crippen molar-refractivity contribution in [2.24, 2.45) is 0 Å².